The van der Waals surface area contributed by atoms with Crippen LogP contribution >= 0.6 is 0 Å². The maximum atomic E-state index is 12.4. The Labute approximate surface area is 129 Å². The zero-order valence-corrected chi connectivity index (χ0v) is 12.9. The summed E-state index contributed by atoms with van der Waals surface area (Å²) in [5.41, 5.74) is -0.799. The van der Waals surface area contributed by atoms with Gasteiger partial charge >= 0.3 is 0 Å². The van der Waals surface area contributed by atoms with Crippen molar-refractivity contribution in [2.75, 3.05) is 40.5 Å². The highest BCUT2D eigenvalue weighted by molar-refractivity contribution is 5.78. The van der Waals surface area contributed by atoms with E-state index in [1.54, 1.807) is 42.2 Å². The molecule has 0 unspecified atom stereocenters. The second-order valence-electron chi connectivity index (χ2n) is 5.33. The molecule has 122 valence electrons. The summed E-state index contributed by atoms with van der Waals surface area (Å²) >= 11 is 0. The van der Waals surface area contributed by atoms with E-state index < -0.39 is 5.60 Å². The van der Waals surface area contributed by atoms with Gasteiger partial charge in [0.2, 0.25) is 11.8 Å². The molecule has 8 heteroatoms. The highest BCUT2D eigenvalue weighted by Crippen LogP contribution is 2.23. The number of rotatable bonds is 6. The number of hydrogen-bond acceptors (Lipinski definition) is 5. The van der Waals surface area contributed by atoms with Crippen molar-refractivity contribution in [3.05, 3.63) is 18.5 Å². The van der Waals surface area contributed by atoms with Gasteiger partial charge in [0.05, 0.1) is 26.2 Å². The van der Waals surface area contributed by atoms with E-state index in [2.05, 4.69) is 10.4 Å². The van der Waals surface area contributed by atoms with Gasteiger partial charge in [0.15, 0.2) is 0 Å². The van der Waals surface area contributed by atoms with Gasteiger partial charge in [0.25, 0.3) is 0 Å². The summed E-state index contributed by atoms with van der Waals surface area (Å²) in [7, 11) is 3.13. The summed E-state index contributed by atoms with van der Waals surface area (Å²) in [5.74, 6) is -0.192. The molecule has 0 bridgehead atoms. The molecule has 0 aliphatic carbocycles. The second-order valence-corrected chi connectivity index (χ2v) is 5.33. The number of nitrogens with zero attached hydrogens (tertiary/aromatic N) is 3. The topological polar surface area (TPSA) is 85.7 Å². The molecule has 2 heterocycles. The number of nitrogens with one attached hydrogen (secondary N) is 1. The molecule has 2 amide bonds. The van der Waals surface area contributed by atoms with Crippen molar-refractivity contribution >= 4 is 11.8 Å². The molecular formula is C14H22N4O4. The van der Waals surface area contributed by atoms with Crippen LogP contribution in [0.15, 0.2) is 18.5 Å². The summed E-state index contributed by atoms with van der Waals surface area (Å²) in [6, 6.07) is 1.77. The largest absolute Gasteiger partial charge is 0.382 e. The van der Waals surface area contributed by atoms with Gasteiger partial charge < -0.3 is 19.7 Å². The van der Waals surface area contributed by atoms with Crippen LogP contribution in [-0.4, -0.2) is 72.6 Å². The third-order valence-corrected chi connectivity index (χ3v) is 3.63. The number of carbonyl (C=O) groups is 2. The quantitative estimate of drug-likeness (QED) is 0.748. The van der Waals surface area contributed by atoms with Crippen molar-refractivity contribution in [2.24, 2.45) is 0 Å². The first-order chi connectivity index (χ1) is 10.6. The molecule has 0 spiro atoms. The summed E-state index contributed by atoms with van der Waals surface area (Å²) in [4.78, 5) is 25.8. The summed E-state index contributed by atoms with van der Waals surface area (Å²) in [6.07, 6.45) is 3.53. The second kappa shape index (κ2) is 7.37. The van der Waals surface area contributed by atoms with Gasteiger partial charge in [-0.1, -0.05) is 0 Å². The molecule has 0 aromatic carbocycles. The number of hydrogen-bond donors (Lipinski definition) is 1. The first-order valence-electron chi connectivity index (χ1n) is 7.17. The lowest BCUT2D eigenvalue weighted by molar-refractivity contribution is -0.167. The van der Waals surface area contributed by atoms with Gasteiger partial charge in [0.1, 0.15) is 12.1 Å². The van der Waals surface area contributed by atoms with Crippen molar-refractivity contribution in [3.63, 3.8) is 0 Å². The number of amides is 2. The van der Waals surface area contributed by atoms with Gasteiger partial charge in [0, 0.05) is 33.1 Å². The molecule has 8 nitrogen and oxygen atoms in total. The minimum atomic E-state index is -0.799. The minimum absolute atomic E-state index is 0.0515. The zero-order chi connectivity index (χ0) is 16.0. The standard InChI is InChI=1S/C14H22N4O4/c1-15-12(19)8-14(11-21-2)10-17(6-7-22-14)13(20)9-18-5-3-4-16-18/h3-5H,6-11H2,1-2H3,(H,15,19)/t14-/m0/s1. The van der Waals surface area contributed by atoms with E-state index in [0.29, 0.717) is 19.7 Å². The minimum Gasteiger partial charge on any atom is -0.382 e. The summed E-state index contributed by atoms with van der Waals surface area (Å²) < 4.78 is 12.6. The Morgan fingerprint density at radius 2 is 2.32 bits per heavy atom. The SMILES string of the molecule is CNC(=O)C[C@@]1(COC)CN(C(=O)Cn2cccn2)CCO1. The molecule has 22 heavy (non-hydrogen) atoms. The molecule has 1 saturated heterocycles. The average molecular weight is 310 g/mol. The van der Waals surface area contributed by atoms with Crippen LogP contribution in [0.4, 0.5) is 0 Å². The number of ether oxygens (including phenoxy) is 2. The van der Waals surface area contributed by atoms with Crippen LogP contribution in [0.2, 0.25) is 0 Å². The third kappa shape index (κ3) is 4.05. The van der Waals surface area contributed by atoms with E-state index in [-0.39, 0.29) is 31.4 Å². The molecule has 1 atom stereocenters. The fourth-order valence-corrected chi connectivity index (χ4v) is 2.58. The van der Waals surface area contributed by atoms with Crippen molar-refractivity contribution in [1.82, 2.24) is 20.0 Å². The van der Waals surface area contributed by atoms with Gasteiger partial charge in [-0.25, -0.2) is 0 Å². The fraction of sp³-hybridized carbons (Fsp3) is 0.643. The van der Waals surface area contributed by atoms with Crippen LogP contribution in [0, 0.1) is 0 Å². The Balaban J connectivity index is 2.04. The molecule has 0 radical (unpaired) electrons. The maximum Gasteiger partial charge on any atom is 0.244 e. The molecule has 1 aliphatic rings. The molecular weight excluding hydrogens is 288 g/mol. The molecule has 1 N–H and O–H groups in total. The Hall–Kier alpha value is -1.93. The predicted octanol–water partition coefficient (Wildman–Crippen LogP) is -0.737. The van der Waals surface area contributed by atoms with Gasteiger partial charge in [-0.05, 0) is 6.07 Å². The maximum absolute atomic E-state index is 12.4. The first-order valence-corrected chi connectivity index (χ1v) is 7.17. The van der Waals surface area contributed by atoms with Crippen LogP contribution in [0.3, 0.4) is 0 Å². The zero-order valence-electron chi connectivity index (χ0n) is 12.9. The summed E-state index contributed by atoms with van der Waals surface area (Å²) in [6.45, 7) is 1.64. The van der Waals surface area contributed by atoms with Crippen LogP contribution in [0.25, 0.3) is 0 Å². The Morgan fingerprint density at radius 1 is 1.50 bits per heavy atom. The monoisotopic (exact) mass is 310 g/mol. The van der Waals surface area contributed by atoms with Crippen LogP contribution in [0.5, 0.6) is 0 Å². The number of aromatic nitrogens is 2. The number of morpholine rings is 1. The van der Waals surface area contributed by atoms with E-state index >= 15 is 0 Å². The summed E-state index contributed by atoms with van der Waals surface area (Å²) in [5, 5.41) is 6.62. The van der Waals surface area contributed by atoms with Gasteiger partial charge in [-0.3, -0.25) is 14.3 Å². The Kier molecular flexibility index (Phi) is 5.51. The fourth-order valence-electron chi connectivity index (χ4n) is 2.58. The Morgan fingerprint density at radius 3 is 2.95 bits per heavy atom. The van der Waals surface area contributed by atoms with E-state index in [1.807, 2.05) is 0 Å². The highest BCUT2D eigenvalue weighted by atomic mass is 16.5. The lowest BCUT2D eigenvalue weighted by atomic mass is 9.97. The smallest absolute Gasteiger partial charge is 0.244 e. The first kappa shape index (κ1) is 16.4. The molecule has 1 aliphatic heterocycles. The van der Waals surface area contributed by atoms with Crippen molar-refractivity contribution in [2.45, 2.75) is 18.6 Å². The lowest BCUT2D eigenvalue weighted by Crippen LogP contribution is -2.57. The van der Waals surface area contributed by atoms with Crippen molar-refractivity contribution in [1.29, 1.82) is 0 Å². The van der Waals surface area contributed by atoms with Gasteiger partial charge in [-0.15, -0.1) is 0 Å². The van der Waals surface area contributed by atoms with Crippen LogP contribution in [0.1, 0.15) is 6.42 Å². The van der Waals surface area contributed by atoms with E-state index in [4.69, 9.17) is 9.47 Å². The highest BCUT2D eigenvalue weighted by Gasteiger charge is 2.40. The van der Waals surface area contributed by atoms with Crippen molar-refractivity contribution in [3.8, 4) is 0 Å². The normalized spacial score (nSPS) is 21.6. The third-order valence-electron chi connectivity index (χ3n) is 3.63. The van der Waals surface area contributed by atoms with Crippen LogP contribution in [-0.2, 0) is 25.6 Å². The van der Waals surface area contributed by atoms with Crippen LogP contribution < -0.4 is 5.32 Å². The molecule has 1 fully saturated rings. The van der Waals surface area contributed by atoms with E-state index in [0.717, 1.165) is 0 Å². The van der Waals surface area contributed by atoms with Crippen molar-refractivity contribution < 1.29 is 19.1 Å². The molecule has 1 aromatic heterocycles. The average Bonchev–Trinajstić information content (AvgIpc) is 3.00. The van der Waals surface area contributed by atoms with E-state index in [1.165, 1.54) is 0 Å². The van der Waals surface area contributed by atoms with Gasteiger partial charge in [-0.2, -0.15) is 5.10 Å². The lowest BCUT2D eigenvalue weighted by Gasteiger charge is -2.42. The Bertz CT molecular complexity index is 501. The molecule has 2 rings (SSSR count). The van der Waals surface area contributed by atoms with E-state index in [9.17, 15) is 9.59 Å². The number of carbonyl (C=O) groups excluding carboxylic acids is 2. The number of methoxy groups -OCH3 is 1. The molecule has 0 saturated carbocycles. The predicted molar refractivity (Wildman–Crippen MR) is 78.0 cm³/mol. The molecule has 1 aromatic rings.